The van der Waals surface area contributed by atoms with E-state index in [1.807, 2.05) is 0 Å². The number of ether oxygens (including phenoxy) is 1. The van der Waals surface area contributed by atoms with E-state index in [9.17, 15) is 13.2 Å². The molecule has 1 amide bonds. The van der Waals surface area contributed by atoms with E-state index in [0.717, 1.165) is 6.07 Å². The zero-order valence-electron chi connectivity index (χ0n) is 13.5. The number of phenols is 1. The Hall–Kier alpha value is -1.84. The van der Waals surface area contributed by atoms with Gasteiger partial charge in [-0.3, -0.25) is 4.55 Å². The monoisotopic (exact) mass is 349 g/mol. The predicted octanol–water partition coefficient (Wildman–Crippen LogP) is 1.53. The maximum absolute atomic E-state index is 11.0. The maximum atomic E-state index is 11.0. The Morgan fingerprint density at radius 3 is 2.17 bits per heavy atom. The first-order valence-electron chi connectivity index (χ1n) is 6.72. The number of phenolic OH excluding ortho intramolecular Hbond substituents is 1. The fourth-order valence-electron chi connectivity index (χ4n) is 1.23. The number of aliphatic hydroxyl groups is 1. The first-order valence-corrected chi connectivity index (χ1v) is 8.16. The summed E-state index contributed by atoms with van der Waals surface area (Å²) in [5.41, 5.74) is -0.487. The third kappa shape index (κ3) is 9.72. The zero-order chi connectivity index (χ0) is 18.3. The van der Waals surface area contributed by atoms with Crippen molar-refractivity contribution in [3.05, 3.63) is 24.3 Å². The van der Waals surface area contributed by atoms with E-state index >= 15 is 0 Å². The second kappa shape index (κ2) is 8.70. The van der Waals surface area contributed by atoms with E-state index in [0.29, 0.717) is 0 Å². The van der Waals surface area contributed by atoms with E-state index in [4.69, 9.17) is 19.5 Å². The molecule has 0 unspecified atom stereocenters. The summed E-state index contributed by atoms with van der Waals surface area (Å²) in [7, 11) is -4.28. The number of rotatable bonds is 3. The lowest BCUT2D eigenvalue weighted by atomic mass is 10.2. The van der Waals surface area contributed by atoms with Gasteiger partial charge in [0.05, 0.1) is 12.6 Å². The molecule has 1 rings (SSSR count). The van der Waals surface area contributed by atoms with Crippen LogP contribution in [0.1, 0.15) is 27.7 Å². The zero-order valence-corrected chi connectivity index (χ0v) is 14.3. The largest absolute Gasteiger partial charge is 0.506 e. The molecule has 0 bridgehead atoms. The molecule has 9 heteroatoms. The first-order chi connectivity index (χ1) is 10.4. The smallest absolute Gasteiger partial charge is 0.407 e. The number of carbonyl (C=O) groups excluding carboxylic acids is 1. The molecule has 1 aromatic rings. The Morgan fingerprint density at radius 2 is 1.83 bits per heavy atom. The summed E-state index contributed by atoms with van der Waals surface area (Å²) >= 11 is 0. The molecule has 0 saturated carbocycles. The summed E-state index contributed by atoms with van der Waals surface area (Å²) in [6.45, 7) is 6.98. The second-order valence-electron chi connectivity index (χ2n) is 5.67. The van der Waals surface area contributed by atoms with Crippen LogP contribution in [0.5, 0.6) is 5.75 Å². The number of hydrogen-bond acceptors (Lipinski definition) is 6. The average molecular weight is 349 g/mol. The van der Waals surface area contributed by atoms with E-state index in [1.165, 1.54) is 18.2 Å². The molecule has 0 radical (unpaired) electrons. The number of benzene rings is 1. The highest BCUT2D eigenvalue weighted by Gasteiger charge is 2.17. The number of para-hydroxylation sites is 1. The fourth-order valence-corrected chi connectivity index (χ4v) is 1.81. The molecule has 132 valence electrons. The van der Waals surface area contributed by atoms with Crippen LogP contribution < -0.4 is 5.32 Å². The lowest BCUT2D eigenvalue weighted by molar-refractivity contribution is 0.0489. The van der Waals surface area contributed by atoms with Crippen LogP contribution in [0, 0.1) is 0 Å². The van der Waals surface area contributed by atoms with Crippen LogP contribution in [0.2, 0.25) is 0 Å². The number of carbonyl (C=O) groups is 1. The van der Waals surface area contributed by atoms with Crippen molar-refractivity contribution in [1.29, 1.82) is 0 Å². The SMILES string of the molecule is C[C@@H](CO)NC(=O)OC(C)(C)C.O=S(=O)(O)c1ccccc1O. The van der Waals surface area contributed by atoms with E-state index < -0.39 is 32.5 Å². The molecule has 1 atom stereocenters. The molecule has 0 aromatic heterocycles. The van der Waals surface area contributed by atoms with Crippen molar-refractivity contribution in [3.8, 4) is 5.75 Å². The third-order valence-corrected chi connectivity index (χ3v) is 3.08. The number of amides is 1. The maximum Gasteiger partial charge on any atom is 0.407 e. The van der Waals surface area contributed by atoms with Crippen LogP contribution in [0.25, 0.3) is 0 Å². The summed E-state index contributed by atoms with van der Waals surface area (Å²) in [6, 6.07) is 4.90. The van der Waals surface area contributed by atoms with Crippen LogP contribution in [-0.4, -0.2) is 47.5 Å². The third-order valence-electron chi connectivity index (χ3n) is 2.18. The van der Waals surface area contributed by atoms with Crippen molar-refractivity contribution >= 4 is 16.2 Å². The minimum atomic E-state index is -4.28. The molecule has 0 heterocycles. The van der Waals surface area contributed by atoms with Crippen molar-refractivity contribution in [2.45, 2.75) is 44.2 Å². The Labute approximate surface area is 135 Å². The van der Waals surface area contributed by atoms with Gasteiger partial charge in [0.15, 0.2) is 0 Å². The Morgan fingerprint density at radius 1 is 1.30 bits per heavy atom. The van der Waals surface area contributed by atoms with Crippen LogP contribution in [0.3, 0.4) is 0 Å². The van der Waals surface area contributed by atoms with Crippen molar-refractivity contribution in [3.63, 3.8) is 0 Å². The van der Waals surface area contributed by atoms with Crippen molar-refractivity contribution in [2.75, 3.05) is 6.61 Å². The van der Waals surface area contributed by atoms with Gasteiger partial charge in [0.2, 0.25) is 0 Å². The van der Waals surface area contributed by atoms with Gasteiger partial charge in [0.25, 0.3) is 10.1 Å². The van der Waals surface area contributed by atoms with Crippen molar-refractivity contribution < 1.29 is 32.7 Å². The van der Waals surface area contributed by atoms with Gasteiger partial charge in [0.1, 0.15) is 16.2 Å². The first kappa shape index (κ1) is 21.2. The van der Waals surface area contributed by atoms with Crippen LogP contribution >= 0.6 is 0 Å². The molecule has 0 aliphatic heterocycles. The predicted molar refractivity (Wildman–Crippen MR) is 83.8 cm³/mol. The number of aliphatic hydroxyl groups excluding tert-OH is 1. The molecular formula is C14H23NO7S. The van der Waals surface area contributed by atoms with Gasteiger partial charge in [-0.15, -0.1) is 0 Å². The highest BCUT2D eigenvalue weighted by atomic mass is 32.2. The van der Waals surface area contributed by atoms with Gasteiger partial charge in [0, 0.05) is 0 Å². The second-order valence-corrected chi connectivity index (χ2v) is 7.06. The van der Waals surface area contributed by atoms with Crippen LogP contribution in [-0.2, 0) is 14.9 Å². The average Bonchev–Trinajstić information content (AvgIpc) is 2.36. The van der Waals surface area contributed by atoms with Crippen LogP contribution in [0.4, 0.5) is 4.79 Å². The summed E-state index contributed by atoms with van der Waals surface area (Å²) in [5.74, 6) is -0.449. The van der Waals surface area contributed by atoms with Crippen LogP contribution in [0.15, 0.2) is 29.2 Å². The van der Waals surface area contributed by atoms with E-state index in [-0.39, 0.29) is 12.6 Å². The highest BCUT2D eigenvalue weighted by molar-refractivity contribution is 7.86. The van der Waals surface area contributed by atoms with Gasteiger partial charge < -0.3 is 20.3 Å². The molecular weight excluding hydrogens is 326 g/mol. The quantitative estimate of drug-likeness (QED) is 0.608. The fraction of sp³-hybridized carbons (Fsp3) is 0.500. The molecule has 8 nitrogen and oxygen atoms in total. The minimum absolute atomic E-state index is 0.0841. The molecule has 0 saturated heterocycles. The normalized spacial score (nSPS) is 12.6. The molecule has 0 spiro atoms. The highest BCUT2D eigenvalue weighted by Crippen LogP contribution is 2.20. The lowest BCUT2D eigenvalue weighted by Gasteiger charge is -2.21. The van der Waals surface area contributed by atoms with Crippen molar-refractivity contribution in [1.82, 2.24) is 5.32 Å². The Kier molecular flexibility index (Phi) is 8.01. The molecule has 23 heavy (non-hydrogen) atoms. The summed E-state index contributed by atoms with van der Waals surface area (Å²) in [4.78, 5) is 10.5. The molecule has 4 N–H and O–H groups in total. The summed E-state index contributed by atoms with van der Waals surface area (Å²) in [5, 5.41) is 20.0. The molecule has 1 aromatic carbocycles. The standard InChI is InChI=1S/C8H17NO3.C6H6O4S/c1-6(5-10)9-7(11)12-8(2,3)4;7-5-3-1-2-4-6(5)11(8,9)10/h6,10H,5H2,1-4H3,(H,9,11);1-4,7H,(H,8,9,10)/t6-;/m0./s1. The number of nitrogens with one attached hydrogen (secondary N) is 1. The number of alkyl carbamates (subject to hydrolysis) is 1. The summed E-state index contributed by atoms with van der Waals surface area (Å²) in [6.07, 6.45) is -0.496. The molecule has 0 aliphatic rings. The van der Waals surface area contributed by atoms with E-state index in [2.05, 4.69) is 5.32 Å². The lowest BCUT2D eigenvalue weighted by Crippen LogP contribution is -2.39. The van der Waals surface area contributed by atoms with Gasteiger partial charge in [-0.05, 0) is 39.8 Å². The number of aromatic hydroxyl groups is 1. The van der Waals surface area contributed by atoms with Crippen molar-refractivity contribution in [2.24, 2.45) is 0 Å². The van der Waals surface area contributed by atoms with Gasteiger partial charge in [-0.2, -0.15) is 8.42 Å². The van der Waals surface area contributed by atoms with E-state index in [1.54, 1.807) is 27.7 Å². The molecule has 0 aliphatic carbocycles. The number of hydrogen-bond donors (Lipinski definition) is 4. The Balaban J connectivity index is 0.000000422. The van der Waals surface area contributed by atoms with Gasteiger partial charge >= 0.3 is 6.09 Å². The summed E-state index contributed by atoms with van der Waals surface area (Å²) < 4.78 is 34.3. The Bertz CT molecular complexity index is 608. The van der Waals surface area contributed by atoms with Gasteiger partial charge in [-0.25, -0.2) is 4.79 Å². The minimum Gasteiger partial charge on any atom is -0.506 e. The molecule has 0 fully saturated rings. The topological polar surface area (TPSA) is 133 Å². The van der Waals surface area contributed by atoms with Gasteiger partial charge in [-0.1, -0.05) is 12.1 Å².